The maximum absolute atomic E-state index is 12.5. The van der Waals surface area contributed by atoms with Gasteiger partial charge in [0.2, 0.25) is 0 Å². The van der Waals surface area contributed by atoms with Crippen LogP contribution < -0.4 is 0 Å². The second-order valence-electron chi connectivity index (χ2n) is 4.84. The lowest BCUT2D eigenvalue weighted by atomic mass is 10.0. The highest BCUT2D eigenvalue weighted by Crippen LogP contribution is 2.20. The third-order valence-corrected chi connectivity index (χ3v) is 3.47. The molecule has 2 rings (SSSR count). The summed E-state index contributed by atoms with van der Waals surface area (Å²) in [6.45, 7) is 4.84. The van der Waals surface area contributed by atoms with Crippen LogP contribution in [0.3, 0.4) is 0 Å². The van der Waals surface area contributed by atoms with Crippen molar-refractivity contribution in [2.45, 2.75) is 45.7 Å². The van der Waals surface area contributed by atoms with Crippen LogP contribution in [0.15, 0.2) is 6.07 Å². The Balaban J connectivity index is 2.28. The standard InChI is InChI=1S/C13H19N3O3/c1-3-16-11(8-9(2)14-16)12(17)15-7-5-4-6-10(15)13(18)19/h8,10H,3-7H2,1-2H3,(H,18,19)/t10-/m0/s1. The Hall–Kier alpha value is -1.85. The lowest BCUT2D eigenvalue weighted by Gasteiger charge is -2.32. The Morgan fingerprint density at radius 1 is 1.47 bits per heavy atom. The molecule has 0 bridgehead atoms. The van der Waals surface area contributed by atoms with Crippen LogP contribution in [0.4, 0.5) is 0 Å². The Bertz CT molecular complexity index is 495. The van der Waals surface area contributed by atoms with Crippen LogP contribution in [0.1, 0.15) is 42.4 Å². The van der Waals surface area contributed by atoms with E-state index in [4.69, 9.17) is 0 Å². The number of hydrogen-bond acceptors (Lipinski definition) is 3. The molecule has 0 unspecified atom stereocenters. The first kappa shape index (κ1) is 13.6. The number of piperidine rings is 1. The highest BCUT2D eigenvalue weighted by atomic mass is 16.4. The molecule has 104 valence electrons. The molecule has 1 atom stereocenters. The minimum atomic E-state index is -0.924. The molecule has 1 aliphatic rings. The first-order valence-electron chi connectivity index (χ1n) is 6.62. The molecule has 1 amide bonds. The Labute approximate surface area is 112 Å². The number of carboxylic acids is 1. The van der Waals surface area contributed by atoms with Gasteiger partial charge in [-0.15, -0.1) is 0 Å². The van der Waals surface area contributed by atoms with Gasteiger partial charge in [0.1, 0.15) is 11.7 Å². The highest BCUT2D eigenvalue weighted by Gasteiger charge is 2.33. The van der Waals surface area contributed by atoms with E-state index < -0.39 is 12.0 Å². The average molecular weight is 265 g/mol. The predicted molar refractivity (Wildman–Crippen MR) is 68.9 cm³/mol. The van der Waals surface area contributed by atoms with Gasteiger partial charge in [0.15, 0.2) is 0 Å². The van der Waals surface area contributed by atoms with E-state index in [-0.39, 0.29) is 5.91 Å². The number of nitrogens with zero attached hydrogens (tertiary/aromatic N) is 3. The van der Waals surface area contributed by atoms with E-state index in [2.05, 4.69) is 5.10 Å². The van der Waals surface area contributed by atoms with Crippen molar-refractivity contribution >= 4 is 11.9 Å². The topological polar surface area (TPSA) is 75.4 Å². The number of rotatable bonds is 3. The summed E-state index contributed by atoms with van der Waals surface area (Å²) < 4.78 is 1.63. The molecule has 0 aliphatic carbocycles. The van der Waals surface area contributed by atoms with Gasteiger partial charge < -0.3 is 10.0 Å². The van der Waals surface area contributed by atoms with Crippen molar-refractivity contribution < 1.29 is 14.7 Å². The Kier molecular flexibility index (Phi) is 3.87. The molecule has 1 aromatic rings. The molecule has 0 aromatic carbocycles. The molecule has 19 heavy (non-hydrogen) atoms. The summed E-state index contributed by atoms with van der Waals surface area (Å²) in [4.78, 5) is 25.2. The fraction of sp³-hybridized carbons (Fsp3) is 0.615. The molecule has 6 nitrogen and oxygen atoms in total. The maximum Gasteiger partial charge on any atom is 0.326 e. The molecule has 6 heteroatoms. The van der Waals surface area contributed by atoms with E-state index in [1.165, 1.54) is 4.90 Å². The van der Waals surface area contributed by atoms with Crippen molar-refractivity contribution in [2.24, 2.45) is 0 Å². The van der Waals surface area contributed by atoms with E-state index >= 15 is 0 Å². The van der Waals surface area contributed by atoms with E-state index in [1.54, 1.807) is 10.7 Å². The van der Waals surface area contributed by atoms with Crippen LogP contribution in [0.2, 0.25) is 0 Å². The quantitative estimate of drug-likeness (QED) is 0.893. The first-order valence-corrected chi connectivity index (χ1v) is 6.62. The fourth-order valence-corrected chi connectivity index (χ4v) is 2.54. The fourth-order valence-electron chi connectivity index (χ4n) is 2.54. The van der Waals surface area contributed by atoms with Crippen molar-refractivity contribution in [2.75, 3.05) is 6.54 Å². The number of carboxylic acid groups (broad SMARTS) is 1. The Morgan fingerprint density at radius 3 is 2.84 bits per heavy atom. The molecule has 1 aromatic heterocycles. The van der Waals surface area contributed by atoms with Crippen molar-refractivity contribution in [3.8, 4) is 0 Å². The number of aliphatic carboxylic acids is 1. The van der Waals surface area contributed by atoms with Gasteiger partial charge in [-0.05, 0) is 39.2 Å². The van der Waals surface area contributed by atoms with Crippen LogP contribution in [0.25, 0.3) is 0 Å². The summed E-state index contributed by atoms with van der Waals surface area (Å²) in [6.07, 6.45) is 2.24. The van der Waals surface area contributed by atoms with E-state index in [0.717, 1.165) is 18.5 Å². The van der Waals surface area contributed by atoms with Gasteiger partial charge in [0.05, 0.1) is 5.69 Å². The smallest absolute Gasteiger partial charge is 0.326 e. The number of carbonyl (C=O) groups excluding carboxylic acids is 1. The second kappa shape index (κ2) is 5.42. The zero-order chi connectivity index (χ0) is 14.0. The number of aryl methyl sites for hydroxylation is 2. The lowest BCUT2D eigenvalue weighted by Crippen LogP contribution is -2.48. The minimum Gasteiger partial charge on any atom is -0.480 e. The summed E-state index contributed by atoms with van der Waals surface area (Å²) in [5, 5.41) is 13.5. The van der Waals surface area contributed by atoms with Crippen LogP contribution in [0, 0.1) is 6.92 Å². The SMILES string of the molecule is CCn1nc(C)cc1C(=O)N1CCCC[C@H]1C(=O)O. The number of hydrogen-bond donors (Lipinski definition) is 1. The summed E-state index contributed by atoms with van der Waals surface area (Å²) in [6, 6.07) is 1.01. The predicted octanol–water partition coefficient (Wildman–Crippen LogP) is 1.29. The minimum absolute atomic E-state index is 0.227. The summed E-state index contributed by atoms with van der Waals surface area (Å²) >= 11 is 0. The monoisotopic (exact) mass is 265 g/mol. The van der Waals surface area contributed by atoms with Gasteiger partial charge in [0.25, 0.3) is 5.91 Å². The zero-order valence-corrected chi connectivity index (χ0v) is 11.3. The number of amides is 1. The van der Waals surface area contributed by atoms with Gasteiger partial charge in [-0.3, -0.25) is 9.48 Å². The molecular formula is C13H19N3O3. The molecular weight excluding hydrogens is 246 g/mol. The first-order chi connectivity index (χ1) is 9.04. The van der Waals surface area contributed by atoms with E-state index in [0.29, 0.717) is 25.2 Å². The van der Waals surface area contributed by atoms with Crippen molar-refractivity contribution in [1.82, 2.24) is 14.7 Å². The lowest BCUT2D eigenvalue weighted by molar-refractivity contribution is -0.143. The molecule has 0 radical (unpaired) electrons. The maximum atomic E-state index is 12.5. The number of carbonyl (C=O) groups is 2. The van der Waals surface area contributed by atoms with Crippen LogP contribution in [-0.4, -0.2) is 44.3 Å². The average Bonchev–Trinajstić information content (AvgIpc) is 2.79. The zero-order valence-electron chi connectivity index (χ0n) is 11.3. The van der Waals surface area contributed by atoms with E-state index in [1.807, 2.05) is 13.8 Å². The van der Waals surface area contributed by atoms with Crippen LogP contribution >= 0.6 is 0 Å². The second-order valence-corrected chi connectivity index (χ2v) is 4.84. The van der Waals surface area contributed by atoms with Crippen molar-refractivity contribution in [3.63, 3.8) is 0 Å². The molecule has 2 heterocycles. The third-order valence-electron chi connectivity index (χ3n) is 3.47. The van der Waals surface area contributed by atoms with Crippen LogP contribution in [-0.2, 0) is 11.3 Å². The van der Waals surface area contributed by atoms with Crippen molar-refractivity contribution in [1.29, 1.82) is 0 Å². The highest BCUT2D eigenvalue weighted by molar-refractivity contribution is 5.95. The molecule has 1 saturated heterocycles. The summed E-state index contributed by atoms with van der Waals surface area (Å²) in [5.41, 5.74) is 1.25. The Morgan fingerprint density at radius 2 is 2.21 bits per heavy atom. The molecule has 1 N–H and O–H groups in total. The summed E-state index contributed by atoms with van der Waals surface area (Å²) in [5.74, 6) is -1.15. The van der Waals surface area contributed by atoms with E-state index in [9.17, 15) is 14.7 Å². The normalized spacial score (nSPS) is 19.5. The third kappa shape index (κ3) is 2.62. The number of aromatic nitrogens is 2. The largest absolute Gasteiger partial charge is 0.480 e. The molecule has 1 fully saturated rings. The summed E-state index contributed by atoms with van der Waals surface area (Å²) in [7, 11) is 0. The number of likely N-dealkylation sites (tertiary alicyclic amines) is 1. The van der Waals surface area contributed by atoms with Crippen molar-refractivity contribution in [3.05, 3.63) is 17.5 Å². The van der Waals surface area contributed by atoms with Gasteiger partial charge in [0, 0.05) is 13.1 Å². The van der Waals surface area contributed by atoms with Crippen LogP contribution in [0.5, 0.6) is 0 Å². The van der Waals surface area contributed by atoms with Gasteiger partial charge >= 0.3 is 5.97 Å². The van der Waals surface area contributed by atoms with Gasteiger partial charge in [-0.25, -0.2) is 4.79 Å². The molecule has 0 spiro atoms. The van der Waals surface area contributed by atoms with Gasteiger partial charge in [-0.2, -0.15) is 5.10 Å². The molecule has 0 saturated carbocycles. The van der Waals surface area contributed by atoms with Gasteiger partial charge in [-0.1, -0.05) is 0 Å². The molecule has 1 aliphatic heterocycles.